The summed E-state index contributed by atoms with van der Waals surface area (Å²) in [6.45, 7) is 0.387. The smallest absolute Gasteiger partial charge is 0.253 e. The van der Waals surface area contributed by atoms with Crippen molar-refractivity contribution in [1.82, 2.24) is 9.47 Å². The van der Waals surface area contributed by atoms with E-state index in [1.165, 1.54) is 29.3 Å². The molecule has 0 radical (unpaired) electrons. The van der Waals surface area contributed by atoms with E-state index in [0.717, 1.165) is 22.3 Å². The Bertz CT molecular complexity index is 1050. The third-order valence-electron chi connectivity index (χ3n) is 4.70. The fourth-order valence-electron chi connectivity index (χ4n) is 3.04. The Morgan fingerprint density at radius 1 is 0.966 bits per heavy atom. The number of nitrogens with zero attached hydrogens (tertiary/aromatic N) is 2. The number of benzene rings is 2. The van der Waals surface area contributed by atoms with Gasteiger partial charge in [0.25, 0.3) is 11.5 Å². The molecule has 0 aliphatic rings. The summed E-state index contributed by atoms with van der Waals surface area (Å²) in [7, 11) is 1.60. The van der Waals surface area contributed by atoms with Crippen LogP contribution in [-0.4, -0.2) is 34.7 Å². The van der Waals surface area contributed by atoms with Gasteiger partial charge in [-0.15, -0.1) is 0 Å². The average molecular weight is 392 g/mol. The van der Waals surface area contributed by atoms with Crippen LogP contribution in [0.2, 0.25) is 0 Å². The van der Waals surface area contributed by atoms with Crippen LogP contribution in [0.3, 0.4) is 0 Å². The maximum atomic E-state index is 13.2. The monoisotopic (exact) mass is 392 g/mol. The van der Waals surface area contributed by atoms with Crippen LogP contribution in [0, 0.1) is 5.82 Å². The van der Waals surface area contributed by atoms with Crippen LogP contribution in [0.25, 0.3) is 0 Å². The first-order valence-corrected chi connectivity index (χ1v) is 9.23. The standard InChI is InChI=1S/C23H21FN2O3/c1-25(16-14-17-7-3-2-4-8-17)23(29)21(26-15-6-5-9-20(26)27)22(28)18-10-12-19(24)13-11-18/h2-13,15,21H,14,16H2,1H3/t21-/m0/s1. The van der Waals surface area contributed by atoms with Gasteiger partial charge in [0.15, 0.2) is 11.8 Å². The number of pyridine rings is 1. The number of ketones is 1. The van der Waals surface area contributed by atoms with Crippen molar-refractivity contribution in [3.63, 3.8) is 0 Å². The van der Waals surface area contributed by atoms with Crippen molar-refractivity contribution < 1.29 is 14.0 Å². The number of hydrogen-bond donors (Lipinski definition) is 0. The Morgan fingerprint density at radius 3 is 2.28 bits per heavy atom. The van der Waals surface area contributed by atoms with E-state index in [0.29, 0.717) is 13.0 Å². The van der Waals surface area contributed by atoms with E-state index in [-0.39, 0.29) is 5.56 Å². The molecular formula is C23H21FN2O3. The summed E-state index contributed by atoms with van der Waals surface area (Å²) in [5, 5.41) is 0. The molecule has 0 bridgehead atoms. The molecular weight excluding hydrogens is 371 g/mol. The van der Waals surface area contributed by atoms with Crippen LogP contribution in [-0.2, 0) is 11.2 Å². The molecule has 0 N–H and O–H groups in total. The fourth-order valence-corrected chi connectivity index (χ4v) is 3.04. The number of carbonyl (C=O) groups is 2. The SMILES string of the molecule is CN(CCc1ccccc1)C(=O)[C@H](C(=O)c1ccc(F)cc1)n1ccccc1=O. The molecule has 29 heavy (non-hydrogen) atoms. The number of Topliss-reactive ketones (excluding diaryl/α,β-unsaturated/α-hetero) is 1. The van der Waals surface area contributed by atoms with Gasteiger partial charge in [-0.1, -0.05) is 36.4 Å². The first-order valence-electron chi connectivity index (χ1n) is 9.23. The van der Waals surface area contributed by atoms with Crippen molar-refractivity contribution in [3.05, 3.63) is 106 Å². The van der Waals surface area contributed by atoms with Gasteiger partial charge in [0, 0.05) is 31.4 Å². The summed E-state index contributed by atoms with van der Waals surface area (Å²) in [4.78, 5) is 40.0. The van der Waals surface area contributed by atoms with Gasteiger partial charge in [-0.3, -0.25) is 19.0 Å². The Kier molecular flexibility index (Phi) is 6.34. The number of rotatable bonds is 7. The minimum Gasteiger partial charge on any atom is -0.343 e. The van der Waals surface area contributed by atoms with Crippen molar-refractivity contribution in [2.75, 3.05) is 13.6 Å². The minimum absolute atomic E-state index is 0.164. The van der Waals surface area contributed by atoms with Crippen molar-refractivity contribution in [2.24, 2.45) is 0 Å². The predicted octanol–water partition coefficient (Wildman–Crippen LogP) is 3.11. The number of hydrogen-bond acceptors (Lipinski definition) is 3. The Hall–Kier alpha value is -3.54. The fraction of sp³-hybridized carbons (Fsp3) is 0.174. The molecule has 1 amide bonds. The maximum absolute atomic E-state index is 13.2. The maximum Gasteiger partial charge on any atom is 0.253 e. The second-order valence-electron chi connectivity index (χ2n) is 6.72. The molecule has 3 rings (SSSR count). The van der Waals surface area contributed by atoms with Crippen LogP contribution in [0.5, 0.6) is 0 Å². The quantitative estimate of drug-likeness (QED) is 0.459. The molecule has 1 heterocycles. The number of carbonyl (C=O) groups excluding carboxylic acids is 2. The lowest BCUT2D eigenvalue weighted by Gasteiger charge is -2.24. The first-order chi connectivity index (χ1) is 14.0. The van der Waals surface area contributed by atoms with Crippen molar-refractivity contribution in [1.29, 1.82) is 0 Å². The van der Waals surface area contributed by atoms with Crippen molar-refractivity contribution >= 4 is 11.7 Å². The summed E-state index contributed by atoms with van der Waals surface area (Å²) in [5.74, 6) is -1.54. The van der Waals surface area contributed by atoms with Gasteiger partial charge in [-0.2, -0.15) is 0 Å². The number of halogens is 1. The Morgan fingerprint density at radius 2 is 1.62 bits per heavy atom. The molecule has 0 aliphatic carbocycles. The third kappa shape index (κ3) is 4.85. The Labute approximate surface area is 168 Å². The number of amides is 1. The molecule has 5 nitrogen and oxygen atoms in total. The second kappa shape index (κ2) is 9.10. The average Bonchev–Trinajstić information content (AvgIpc) is 2.74. The summed E-state index contributed by atoms with van der Waals surface area (Å²) < 4.78 is 14.4. The van der Waals surface area contributed by atoms with E-state index in [1.54, 1.807) is 19.2 Å². The van der Waals surface area contributed by atoms with Gasteiger partial charge in [-0.25, -0.2) is 4.39 Å². The van der Waals surface area contributed by atoms with Gasteiger partial charge in [-0.05, 0) is 42.3 Å². The van der Waals surface area contributed by atoms with E-state index >= 15 is 0 Å². The predicted molar refractivity (Wildman–Crippen MR) is 108 cm³/mol. The van der Waals surface area contributed by atoms with E-state index in [1.807, 2.05) is 30.3 Å². The topological polar surface area (TPSA) is 59.4 Å². The molecule has 1 aromatic heterocycles. The summed E-state index contributed by atoms with van der Waals surface area (Å²) in [6.07, 6.45) is 2.03. The summed E-state index contributed by atoms with van der Waals surface area (Å²) in [5.41, 5.74) is 0.764. The lowest BCUT2D eigenvalue weighted by molar-refractivity contribution is -0.132. The minimum atomic E-state index is -1.35. The molecule has 1 atom stereocenters. The van der Waals surface area contributed by atoms with Crippen LogP contribution < -0.4 is 5.56 Å². The van der Waals surface area contributed by atoms with Crippen molar-refractivity contribution in [3.8, 4) is 0 Å². The molecule has 0 aliphatic heterocycles. The molecule has 3 aromatic rings. The molecule has 0 saturated carbocycles. The largest absolute Gasteiger partial charge is 0.343 e. The van der Waals surface area contributed by atoms with Crippen LogP contribution >= 0.6 is 0 Å². The molecule has 0 saturated heterocycles. The van der Waals surface area contributed by atoms with Gasteiger partial charge < -0.3 is 4.90 Å². The van der Waals surface area contributed by atoms with Crippen LogP contribution in [0.4, 0.5) is 4.39 Å². The highest BCUT2D eigenvalue weighted by Gasteiger charge is 2.32. The number of aromatic nitrogens is 1. The molecule has 2 aromatic carbocycles. The first kappa shape index (κ1) is 20.2. The van der Waals surface area contributed by atoms with Gasteiger partial charge in [0.05, 0.1) is 0 Å². The van der Waals surface area contributed by atoms with E-state index in [2.05, 4.69) is 0 Å². The van der Waals surface area contributed by atoms with Crippen molar-refractivity contribution in [2.45, 2.75) is 12.5 Å². The molecule has 0 spiro atoms. The molecule has 0 fully saturated rings. The summed E-state index contributed by atoms with van der Waals surface area (Å²) >= 11 is 0. The number of likely N-dealkylation sites (N-methyl/N-ethyl adjacent to an activating group) is 1. The van der Waals surface area contributed by atoms with E-state index in [9.17, 15) is 18.8 Å². The van der Waals surface area contributed by atoms with Gasteiger partial charge in [0.2, 0.25) is 0 Å². The van der Waals surface area contributed by atoms with Gasteiger partial charge in [0.1, 0.15) is 5.82 Å². The highest BCUT2D eigenvalue weighted by atomic mass is 19.1. The molecule has 148 valence electrons. The van der Waals surface area contributed by atoms with Crippen LogP contribution in [0.1, 0.15) is 22.0 Å². The zero-order chi connectivity index (χ0) is 20.8. The third-order valence-corrected chi connectivity index (χ3v) is 4.70. The zero-order valence-electron chi connectivity index (χ0n) is 16.0. The lowest BCUT2D eigenvalue weighted by atomic mass is 10.0. The highest BCUT2D eigenvalue weighted by Crippen LogP contribution is 2.17. The highest BCUT2D eigenvalue weighted by molar-refractivity contribution is 6.11. The summed E-state index contributed by atoms with van der Waals surface area (Å²) in [6, 6.07) is 17.7. The Balaban J connectivity index is 1.89. The lowest BCUT2D eigenvalue weighted by Crippen LogP contribution is -2.42. The zero-order valence-corrected chi connectivity index (χ0v) is 16.0. The van der Waals surface area contributed by atoms with E-state index in [4.69, 9.17) is 0 Å². The van der Waals surface area contributed by atoms with Gasteiger partial charge >= 0.3 is 0 Å². The normalized spacial score (nSPS) is 11.7. The molecule has 0 unspecified atom stereocenters. The van der Waals surface area contributed by atoms with E-state index < -0.39 is 29.1 Å². The second-order valence-corrected chi connectivity index (χ2v) is 6.72. The molecule has 6 heteroatoms. The van der Waals surface area contributed by atoms with Crippen LogP contribution in [0.15, 0.2) is 83.8 Å².